The summed E-state index contributed by atoms with van der Waals surface area (Å²) in [5.41, 5.74) is 0. The summed E-state index contributed by atoms with van der Waals surface area (Å²) in [6, 6.07) is 5.11. The number of amides is 1. The highest BCUT2D eigenvalue weighted by Gasteiger charge is 2.31. The van der Waals surface area contributed by atoms with Gasteiger partial charge in [-0.05, 0) is 43.9 Å². The number of likely N-dealkylation sites (tertiary alicyclic amines) is 1. The van der Waals surface area contributed by atoms with Crippen LogP contribution in [-0.2, 0) is 24.7 Å². The molecule has 7 nitrogen and oxygen atoms in total. The lowest BCUT2D eigenvalue weighted by atomic mass is 9.87. The second-order valence-electron chi connectivity index (χ2n) is 7.80. The van der Waals surface area contributed by atoms with E-state index in [1.807, 2.05) is 4.90 Å². The molecule has 156 valence electrons. The standard InChI is InChI=1S/C19H28N2O5S2/c1-27(23,24)17-8-5-9-18(14-17)28(25,26)20-16-10-12-21(13-11-16)19(22)15-6-3-2-4-7-15/h5,8-9,14-16,20H,2-4,6-7,10-13H2,1H3. The zero-order chi connectivity index (χ0) is 20.4. The van der Waals surface area contributed by atoms with Gasteiger partial charge in [0.15, 0.2) is 9.84 Å². The molecule has 1 saturated heterocycles. The Morgan fingerprint density at radius 1 is 0.964 bits per heavy atom. The van der Waals surface area contributed by atoms with E-state index in [-0.39, 0.29) is 27.7 Å². The van der Waals surface area contributed by atoms with Gasteiger partial charge in [0.05, 0.1) is 9.79 Å². The van der Waals surface area contributed by atoms with Crippen LogP contribution in [0.1, 0.15) is 44.9 Å². The smallest absolute Gasteiger partial charge is 0.240 e. The van der Waals surface area contributed by atoms with Crippen molar-refractivity contribution in [3.8, 4) is 0 Å². The molecule has 1 amide bonds. The number of hydrogen-bond acceptors (Lipinski definition) is 5. The van der Waals surface area contributed by atoms with E-state index >= 15 is 0 Å². The van der Waals surface area contributed by atoms with Crippen LogP contribution in [0.5, 0.6) is 0 Å². The van der Waals surface area contributed by atoms with Gasteiger partial charge >= 0.3 is 0 Å². The molecule has 1 heterocycles. The second-order valence-corrected chi connectivity index (χ2v) is 11.5. The summed E-state index contributed by atoms with van der Waals surface area (Å²) in [6.45, 7) is 1.10. The van der Waals surface area contributed by atoms with Crippen LogP contribution >= 0.6 is 0 Å². The molecule has 0 spiro atoms. The van der Waals surface area contributed by atoms with Gasteiger partial charge in [-0.2, -0.15) is 0 Å². The van der Waals surface area contributed by atoms with Crippen molar-refractivity contribution in [1.29, 1.82) is 0 Å². The fourth-order valence-corrected chi connectivity index (χ4v) is 6.08. The van der Waals surface area contributed by atoms with Crippen molar-refractivity contribution in [3.63, 3.8) is 0 Å². The van der Waals surface area contributed by atoms with E-state index in [0.717, 1.165) is 31.9 Å². The van der Waals surface area contributed by atoms with E-state index in [2.05, 4.69) is 4.72 Å². The molecule has 28 heavy (non-hydrogen) atoms. The predicted molar refractivity (Wildman–Crippen MR) is 106 cm³/mol. The molecular weight excluding hydrogens is 400 g/mol. The Kier molecular flexibility index (Phi) is 6.46. The zero-order valence-electron chi connectivity index (χ0n) is 16.1. The van der Waals surface area contributed by atoms with Crippen molar-refractivity contribution in [3.05, 3.63) is 24.3 Å². The molecule has 3 rings (SSSR count). The molecule has 9 heteroatoms. The van der Waals surface area contributed by atoms with E-state index < -0.39 is 19.9 Å². The highest BCUT2D eigenvalue weighted by atomic mass is 32.2. The van der Waals surface area contributed by atoms with Crippen LogP contribution in [-0.4, -0.2) is 53.0 Å². The lowest BCUT2D eigenvalue weighted by Crippen LogP contribution is -2.48. The van der Waals surface area contributed by atoms with Gasteiger partial charge in [-0.1, -0.05) is 25.3 Å². The van der Waals surface area contributed by atoms with Crippen LogP contribution < -0.4 is 4.72 Å². The fourth-order valence-electron chi connectivity index (χ4n) is 3.98. The molecule has 1 aliphatic carbocycles. The molecule has 0 bridgehead atoms. The van der Waals surface area contributed by atoms with E-state index in [1.165, 1.54) is 30.7 Å². The maximum atomic E-state index is 12.7. The summed E-state index contributed by atoms with van der Waals surface area (Å²) in [6.07, 6.45) is 7.51. The average molecular weight is 429 g/mol. The lowest BCUT2D eigenvalue weighted by Gasteiger charge is -2.35. The maximum absolute atomic E-state index is 12.7. The first-order chi connectivity index (χ1) is 13.2. The van der Waals surface area contributed by atoms with Crippen LogP contribution in [0.2, 0.25) is 0 Å². The summed E-state index contributed by atoms with van der Waals surface area (Å²) in [4.78, 5) is 14.4. The summed E-state index contributed by atoms with van der Waals surface area (Å²) < 4.78 is 51.3. The molecule has 0 atom stereocenters. The summed E-state index contributed by atoms with van der Waals surface area (Å²) in [7, 11) is -7.30. The SMILES string of the molecule is CS(=O)(=O)c1cccc(S(=O)(=O)NC2CCN(C(=O)C3CCCCC3)CC2)c1. The summed E-state index contributed by atoms with van der Waals surface area (Å²) >= 11 is 0. The third kappa shape index (κ3) is 5.12. The van der Waals surface area contributed by atoms with Crippen molar-refractivity contribution in [2.75, 3.05) is 19.3 Å². The topological polar surface area (TPSA) is 101 Å². The van der Waals surface area contributed by atoms with Crippen LogP contribution in [0, 0.1) is 5.92 Å². The molecule has 2 fully saturated rings. The van der Waals surface area contributed by atoms with Crippen LogP contribution in [0.15, 0.2) is 34.1 Å². The van der Waals surface area contributed by atoms with Gasteiger partial charge in [0.1, 0.15) is 0 Å². The summed E-state index contributed by atoms with van der Waals surface area (Å²) in [5.74, 6) is 0.336. The van der Waals surface area contributed by atoms with Crippen molar-refractivity contribution in [1.82, 2.24) is 9.62 Å². The van der Waals surface area contributed by atoms with Crippen molar-refractivity contribution in [2.24, 2.45) is 5.92 Å². The molecule has 0 radical (unpaired) electrons. The lowest BCUT2D eigenvalue weighted by molar-refractivity contribution is -0.137. The number of carbonyl (C=O) groups is 1. The molecule has 1 aromatic rings. The third-order valence-electron chi connectivity index (χ3n) is 5.63. The number of nitrogens with one attached hydrogen (secondary N) is 1. The normalized spacial score (nSPS) is 20.2. The Bertz CT molecular complexity index is 913. The van der Waals surface area contributed by atoms with Gasteiger partial charge in [-0.25, -0.2) is 21.6 Å². The van der Waals surface area contributed by atoms with E-state index in [0.29, 0.717) is 25.9 Å². The Labute approximate surface area is 167 Å². The summed E-state index contributed by atoms with van der Waals surface area (Å²) in [5, 5.41) is 0. The Hall–Kier alpha value is -1.45. The predicted octanol–water partition coefficient (Wildman–Crippen LogP) is 1.94. The molecule has 0 aromatic heterocycles. The molecule has 1 saturated carbocycles. The minimum absolute atomic E-state index is 0.0247. The number of carbonyl (C=O) groups excluding carboxylic acids is 1. The molecule has 1 aliphatic heterocycles. The largest absolute Gasteiger partial charge is 0.342 e. The van der Waals surface area contributed by atoms with E-state index in [9.17, 15) is 21.6 Å². The van der Waals surface area contributed by atoms with Crippen molar-refractivity contribution < 1.29 is 21.6 Å². The number of hydrogen-bond donors (Lipinski definition) is 1. The van der Waals surface area contributed by atoms with Crippen molar-refractivity contribution in [2.45, 2.75) is 60.8 Å². The molecule has 1 N–H and O–H groups in total. The van der Waals surface area contributed by atoms with E-state index in [4.69, 9.17) is 0 Å². The number of rotatable bonds is 5. The highest BCUT2D eigenvalue weighted by molar-refractivity contribution is 7.91. The molecular formula is C19H28N2O5S2. The maximum Gasteiger partial charge on any atom is 0.240 e. The molecule has 1 aromatic carbocycles. The zero-order valence-corrected chi connectivity index (χ0v) is 17.8. The Morgan fingerprint density at radius 2 is 1.57 bits per heavy atom. The van der Waals surface area contributed by atoms with Gasteiger partial charge in [-0.15, -0.1) is 0 Å². The van der Waals surface area contributed by atoms with Crippen LogP contribution in [0.4, 0.5) is 0 Å². The third-order valence-corrected chi connectivity index (χ3v) is 8.26. The molecule has 0 unspecified atom stereocenters. The van der Waals surface area contributed by atoms with Crippen LogP contribution in [0.25, 0.3) is 0 Å². The van der Waals surface area contributed by atoms with Gasteiger partial charge in [0.25, 0.3) is 0 Å². The minimum atomic E-state index is -3.82. The van der Waals surface area contributed by atoms with Gasteiger partial charge < -0.3 is 4.90 Å². The van der Waals surface area contributed by atoms with E-state index in [1.54, 1.807) is 0 Å². The number of nitrogens with zero attached hydrogens (tertiary/aromatic N) is 1. The number of sulfone groups is 1. The first-order valence-corrected chi connectivity index (χ1v) is 13.2. The monoisotopic (exact) mass is 428 g/mol. The molecule has 2 aliphatic rings. The highest BCUT2D eigenvalue weighted by Crippen LogP contribution is 2.27. The van der Waals surface area contributed by atoms with Gasteiger partial charge in [-0.3, -0.25) is 4.79 Å². The quantitative estimate of drug-likeness (QED) is 0.772. The number of sulfonamides is 1. The first kappa shape index (κ1) is 21.3. The van der Waals surface area contributed by atoms with Gasteiger partial charge in [0, 0.05) is 31.3 Å². The number of benzene rings is 1. The average Bonchev–Trinajstić information content (AvgIpc) is 2.68. The van der Waals surface area contributed by atoms with Gasteiger partial charge in [0.2, 0.25) is 15.9 Å². The Balaban J connectivity index is 1.60. The fraction of sp³-hybridized carbons (Fsp3) is 0.632. The van der Waals surface area contributed by atoms with Crippen LogP contribution in [0.3, 0.4) is 0 Å². The number of piperidine rings is 1. The minimum Gasteiger partial charge on any atom is -0.342 e. The van der Waals surface area contributed by atoms with Crippen molar-refractivity contribution >= 4 is 25.8 Å². The second kappa shape index (κ2) is 8.51. The Morgan fingerprint density at radius 3 is 2.18 bits per heavy atom. The first-order valence-electron chi connectivity index (χ1n) is 9.78.